The number of nitrogens with one attached hydrogen (secondary N) is 1. The molecule has 2 rings (SSSR count). The molecule has 16 heavy (non-hydrogen) atoms. The quantitative estimate of drug-likeness (QED) is 0.806. The number of nitrogens with zero attached hydrogens (tertiary/aromatic N) is 1. The van der Waals surface area contributed by atoms with E-state index >= 15 is 0 Å². The van der Waals surface area contributed by atoms with Crippen molar-refractivity contribution < 1.29 is 9.18 Å². The molecule has 0 spiro atoms. The van der Waals surface area contributed by atoms with Crippen molar-refractivity contribution in [3.63, 3.8) is 0 Å². The first-order valence-corrected chi connectivity index (χ1v) is 5.55. The summed E-state index contributed by atoms with van der Waals surface area (Å²) in [7, 11) is 0. The highest BCUT2D eigenvalue weighted by Crippen LogP contribution is 2.19. The summed E-state index contributed by atoms with van der Waals surface area (Å²) in [5.74, 6) is -0.454. The number of halogens is 2. The number of benzene rings is 1. The van der Waals surface area contributed by atoms with Crippen LogP contribution in [0.4, 0.5) is 14.9 Å². The molecule has 1 heterocycles. The third kappa shape index (κ3) is 2.64. The lowest BCUT2D eigenvalue weighted by Gasteiger charge is -2.16. The maximum Gasteiger partial charge on any atom is 0.321 e. The summed E-state index contributed by atoms with van der Waals surface area (Å²) >= 11 is 5.69. The predicted molar refractivity (Wildman–Crippen MR) is 61.2 cm³/mol. The van der Waals surface area contributed by atoms with E-state index in [-0.39, 0.29) is 11.1 Å². The smallest absolute Gasteiger partial charge is 0.321 e. The van der Waals surface area contributed by atoms with Gasteiger partial charge < -0.3 is 10.2 Å². The van der Waals surface area contributed by atoms with E-state index in [4.69, 9.17) is 11.6 Å². The van der Waals surface area contributed by atoms with Crippen LogP contribution in [0, 0.1) is 5.82 Å². The van der Waals surface area contributed by atoms with E-state index in [1.54, 1.807) is 4.90 Å². The van der Waals surface area contributed by atoms with Gasteiger partial charge >= 0.3 is 6.03 Å². The minimum Gasteiger partial charge on any atom is -0.325 e. The summed E-state index contributed by atoms with van der Waals surface area (Å²) in [6.45, 7) is 1.52. The fourth-order valence-electron chi connectivity index (χ4n) is 1.75. The Hall–Kier alpha value is -1.29. The van der Waals surface area contributed by atoms with Crippen molar-refractivity contribution in [2.45, 2.75) is 12.8 Å². The van der Waals surface area contributed by atoms with Crippen LogP contribution in [0.1, 0.15) is 12.8 Å². The van der Waals surface area contributed by atoms with Crippen LogP contribution < -0.4 is 5.32 Å². The molecule has 86 valence electrons. The first-order valence-electron chi connectivity index (χ1n) is 5.17. The van der Waals surface area contributed by atoms with Crippen molar-refractivity contribution in [3.05, 3.63) is 29.0 Å². The largest absolute Gasteiger partial charge is 0.325 e. The third-order valence-corrected chi connectivity index (χ3v) is 2.73. The van der Waals surface area contributed by atoms with E-state index < -0.39 is 5.82 Å². The Bertz CT molecular complexity index is 385. The maximum atomic E-state index is 13.0. The van der Waals surface area contributed by atoms with Gasteiger partial charge in [-0.2, -0.15) is 0 Å². The first-order chi connectivity index (χ1) is 7.65. The van der Waals surface area contributed by atoms with Crippen LogP contribution in [-0.4, -0.2) is 24.0 Å². The number of hydrogen-bond acceptors (Lipinski definition) is 1. The molecule has 1 fully saturated rings. The summed E-state index contributed by atoms with van der Waals surface area (Å²) in [6.07, 6.45) is 2.05. The molecule has 3 nitrogen and oxygen atoms in total. The zero-order chi connectivity index (χ0) is 11.5. The summed E-state index contributed by atoms with van der Waals surface area (Å²) < 4.78 is 13.0. The standard InChI is InChI=1S/C11H12ClFN2O/c12-8-5-9(13)7-10(6-8)14-11(16)15-3-1-2-4-15/h5-7H,1-4H2,(H,14,16). The lowest BCUT2D eigenvalue weighted by molar-refractivity contribution is 0.222. The zero-order valence-electron chi connectivity index (χ0n) is 8.67. The molecule has 0 radical (unpaired) electrons. The fourth-order valence-corrected chi connectivity index (χ4v) is 1.97. The van der Waals surface area contributed by atoms with Gasteiger partial charge in [0.15, 0.2) is 0 Å². The molecule has 1 aromatic rings. The molecule has 0 atom stereocenters. The summed E-state index contributed by atoms with van der Waals surface area (Å²) in [5.41, 5.74) is 0.391. The van der Waals surface area contributed by atoms with E-state index in [9.17, 15) is 9.18 Å². The maximum absolute atomic E-state index is 13.0. The van der Waals surface area contributed by atoms with E-state index in [1.807, 2.05) is 0 Å². The molecule has 2 amide bonds. The van der Waals surface area contributed by atoms with Crippen LogP contribution in [0.2, 0.25) is 5.02 Å². The average molecular weight is 243 g/mol. The highest BCUT2D eigenvalue weighted by molar-refractivity contribution is 6.30. The Labute approximate surface area is 98.2 Å². The molecule has 0 bridgehead atoms. The van der Waals surface area contributed by atoms with Crippen molar-refractivity contribution in [1.29, 1.82) is 0 Å². The van der Waals surface area contributed by atoms with E-state index in [0.717, 1.165) is 25.9 Å². The number of urea groups is 1. The van der Waals surface area contributed by atoms with Crippen molar-refractivity contribution in [2.24, 2.45) is 0 Å². The topological polar surface area (TPSA) is 32.3 Å². The van der Waals surface area contributed by atoms with Crippen molar-refractivity contribution in [2.75, 3.05) is 18.4 Å². The van der Waals surface area contributed by atoms with Crippen LogP contribution in [-0.2, 0) is 0 Å². The van der Waals surface area contributed by atoms with Crippen molar-refractivity contribution in [3.8, 4) is 0 Å². The number of likely N-dealkylation sites (tertiary alicyclic amines) is 1. The van der Waals surface area contributed by atoms with Gasteiger partial charge in [-0.1, -0.05) is 11.6 Å². The minimum absolute atomic E-state index is 0.195. The van der Waals surface area contributed by atoms with E-state index in [2.05, 4.69) is 5.32 Å². The Kier molecular flexibility index (Phi) is 3.29. The Morgan fingerprint density at radius 1 is 1.31 bits per heavy atom. The third-order valence-electron chi connectivity index (χ3n) is 2.51. The van der Waals surface area contributed by atoms with Crippen LogP contribution in [0.15, 0.2) is 18.2 Å². The van der Waals surface area contributed by atoms with Gasteiger partial charge in [0.2, 0.25) is 0 Å². The summed E-state index contributed by atoms with van der Waals surface area (Å²) in [6, 6.07) is 3.78. The molecular formula is C11H12ClFN2O. The molecule has 1 aliphatic heterocycles. The van der Waals surface area contributed by atoms with Crippen LogP contribution in [0.3, 0.4) is 0 Å². The second-order valence-electron chi connectivity index (χ2n) is 3.78. The van der Waals surface area contributed by atoms with Gasteiger partial charge in [0.25, 0.3) is 0 Å². The molecule has 0 aliphatic carbocycles. The van der Waals surface area contributed by atoms with E-state index in [1.165, 1.54) is 18.2 Å². The monoisotopic (exact) mass is 242 g/mol. The van der Waals surface area contributed by atoms with Crippen molar-refractivity contribution in [1.82, 2.24) is 4.90 Å². The van der Waals surface area contributed by atoms with Gasteiger partial charge in [0, 0.05) is 23.8 Å². The summed E-state index contributed by atoms with van der Waals surface area (Å²) in [4.78, 5) is 13.4. The zero-order valence-corrected chi connectivity index (χ0v) is 9.43. The highest BCUT2D eigenvalue weighted by Gasteiger charge is 2.17. The molecular weight excluding hydrogens is 231 g/mol. The Morgan fingerprint density at radius 2 is 2.00 bits per heavy atom. The van der Waals surface area contributed by atoms with Gasteiger partial charge in [-0.15, -0.1) is 0 Å². The molecule has 0 unspecified atom stereocenters. The number of amides is 2. The number of rotatable bonds is 1. The number of hydrogen-bond donors (Lipinski definition) is 1. The number of anilines is 1. The lowest BCUT2D eigenvalue weighted by Crippen LogP contribution is -2.32. The Balaban J connectivity index is 2.05. The predicted octanol–water partition coefficient (Wildman–Crippen LogP) is 3.11. The van der Waals surface area contributed by atoms with Crippen LogP contribution in [0.25, 0.3) is 0 Å². The fraction of sp³-hybridized carbons (Fsp3) is 0.364. The molecule has 5 heteroatoms. The number of carbonyl (C=O) groups excluding carboxylic acids is 1. The van der Waals surface area contributed by atoms with Gasteiger partial charge in [-0.05, 0) is 31.0 Å². The molecule has 0 aromatic heterocycles. The van der Waals surface area contributed by atoms with Gasteiger partial charge in [0.05, 0.1) is 0 Å². The molecule has 1 aliphatic rings. The minimum atomic E-state index is -0.454. The van der Waals surface area contributed by atoms with Gasteiger partial charge in [-0.25, -0.2) is 9.18 Å². The first kappa shape index (κ1) is 11.2. The van der Waals surface area contributed by atoms with E-state index in [0.29, 0.717) is 5.69 Å². The highest BCUT2D eigenvalue weighted by atomic mass is 35.5. The normalized spacial score (nSPS) is 15.2. The SMILES string of the molecule is O=C(Nc1cc(F)cc(Cl)c1)N1CCCC1. The summed E-state index contributed by atoms with van der Waals surface area (Å²) in [5, 5.41) is 2.90. The molecule has 1 N–H and O–H groups in total. The molecule has 1 aromatic carbocycles. The van der Waals surface area contributed by atoms with Gasteiger partial charge in [-0.3, -0.25) is 0 Å². The average Bonchev–Trinajstić information content (AvgIpc) is 2.68. The van der Waals surface area contributed by atoms with Gasteiger partial charge in [0.1, 0.15) is 5.82 Å². The molecule has 1 saturated heterocycles. The second kappa shape index (κ2) is 4.70. The van der Waals surface area contributed by atoms with Crippen molar-refractivity contribution >= 4 is 23.3 Å². The number of carbonyl (C=O) groups is 1. The second-order valence-corrected chi connectivity index (χ2v) is 4.22. The Morgan fingerprint density at radius 3 is 2.62 bits per heavy atom. The van der Waals surface area contributed by atoms with Crippen LogP contribution >= 0.6 is 11.6 Å². The lowest BCUT2D eigenvalue weighted by atomic mass is 10.3. The molecule has 0 saturated carbocycles. The van der Waals surface area contributed by atoms with Crippen LogP contribution in [0.5, 0.6) is 0 Å².